The standard InChI is InChI=1S/C16H28O5Si/c1-4-19-22(20-5-2,21-6-3)16-9-12-7-13(16)8-15(12)18-11-14-10-17-14/h13-14,16H,4-11H2,1-3H3. The summed E-state index contributed by atoms with van der Waals surface area (Å²) in [6.45, 7) is 9.58. The van der Waals surface area contributed by atoms with Crippen molar-refractivity contribution in [1.29, 1.82) is 0 Å². The number of hydrogen-bond donors (Lipinski definition) is 0. The van der Waals surface area contributed by atoms with E-state index in [0.717, 1.165) is 25.9 Å². The lowest BCUT2D eigenvalue weighted by Crippen LogP contribution is -2.51. The lowest BCUT2D eigenvalue weighted by molar-refractivity contribution is 0.0543. The van der Waals surface area contributed by atoms with E-state index in [9.17, 15) is 0 Å². The van der Waals surface area contributed by atoms with Crippen molar-refractivity contribution in [3.05, 3.63) is 11.3 Å². The minimum absolute atomic E-state index is 0.326. The van der Waals surface area contributed by atoms with Crippen LogP contribution in [0.15, 0.2) is 11.3 Å². The summed E-state index contributed by atoms with van der Waals surface area (Å²) in [5.74, 6) is 1.76. The Morgan fingerprint density at radius 3 is 2.09 bits per heavy atom. The molecule has 5 nitrogen and oxygen atoms in total. The number of rotatable bonds is 10. The second-order valence-corrected chi connectivity index (χ2v) is 8.99. The normalized spacial score (nSPS) is 30.2. The zero-order valence-corrected chi connectivity index (χ0v) is 14.9. The van der Waals surface area contributed by atoms with Gasteiger partial charge in [-0.05, 0) is 45.1 Å². The van der Waals surface area contributed by atoms with Crippen LogP contribution in [0.5, 0.6) is 0 Å². The molecule has 1 heterocycles. The molecule has 1 aliphatic heterocycles. The second-order valence-electron chi connectivity index (χ2n) is 6.17. The molecule has 2 fully saturated rings. The van der Waals surface area contributed by atoms with Crippen LogP contribution in [0.25, 0.3) is 0 Å². The van der Waals surface area contributed by atoms with Crippen LogP contribution in [-0.4, -0.2) is 47.9 Å². The summed E-state index contributed by atoms with van der Waals surface area (Å²) in [4.78, 5) is 0. The van der Waals surface area contributed by atoms with Crippen molar-refractivity contribution in [1.82, 2.24) is 0 Å². The fraction of sp³-hybridized carbons (Fsp3) is 0.875. The van der Waals surface area contributed by atoms with Gasteiger partial charge in [0.2, 0.25) is 0 Å². The molecule has 0 aromatic rings. The van der Waals surface area contributed by atoms with E-state index in [4.69, 9.17) is 22.8 Å². The third kappa shape index (κ3) is 3.26. The largest absolute Gasteiger partial charge is 0.504 e. The van der Waals surface area contributed by atoms with Gasteiger partial charge in [0.05, 0.1) is 12.4 Å². The molecule has 126 valence electrons. The topological polar surface area (TPSA) is 49.5 Å². The Morgan fingerprint density at radius 2 is 1.64 bits per heavy atom. The van der Waals surface area contributed by atoms with Crippen LogP contribution >= 0.6 is 0 Å². The molecular formula is C16H28O5Si. The van der Waals surface area contributed by atoms with Crippen molar-refractivity contribution in [3.8, 4) is 0 Å². The molecule has 1 saturated heterocycles. The zero-order valence-electron chi connectivity index (χ0n) is 13.9. The molecule has 0 spiro atoms. The molecule has 6 heteroatoms. The van der Waals surface area contributed by atoms with E-state index >= 15 is 0 Å². The van der Waals surface area contributed by atoms with Gasteiger partial charge in [0, 0.05) is 31.8 Å². The molecule has 0 radical (unpaired) electrons. The predicted molar refractivity (Wildman–Crippen MR) is 84.4 cm³/mol. The lowest BCUT2D eigenvalue weighted by atomic mass is 10.0. The van der Waals surface area contributed by atoms with Gasteiger partial charge in [-0.15, -0.1) is 0 Å². The van der Waals surface area contributed by atoms with Crippen molar-refractivity contribution >= 4 is 8.80 Å². The zero-order chi connectivity index (χ0) is 15.6. The molecule has 2 bridgehead atoms. The Labute approximate surface area is 134 Å². The number of epoxide rings is 1. The van der Waals surface area contributed by atoms with Gasteiger partial charge in [0.25, 0.3) is 0 Å². The molecule has 3 atom stereocenters. The van der Waals surface area contributed by atoms with Crippen molar-refractivity contribution in [2.24, 2.45) is 5.92 Å². The fourth-order valence-electron chi connectivity index (χ4n) is 3.78. The van der Waals surface area contributed by atoms with Crippen molar-refractivity contribution < 1.29 is 22.8 Å². The number of hydrogen-bond acceptors (Lipinski definition) is 5. The Hall–Kier alpha value is -0.403. The van der Waals surface area contributed by atoms with Gasteiger partial charge in [-0.1, -0.05) is 0 Å². The average Bonchev–Trinajstić information content (AvgIpc) is 3.12. The Morgan fingerprint density at radius 1 is 1.00 bits per heavy atom. The van der Waals surface area contributed by atoms with E-state index < -0.39 is 8.80 Å². The van der Waals surface area contributed by atoms with Crippen molar-refractivity contribution in [3.63, 3.8) is 0 Å². The van der Waals surface area contributed by atoms with E-state index in [-0.39, 0.29) is 0 Å². The molecule has 3 unspecified atom stereocenters. The van der Waals surface area contributed by atoms with Crippen molar-refractivity contribution in [2.75, 3.05) is 33.0 Å². The molecule has 0 N–H and O–H groups in total. The maximum Gasteiger partial charge on any atom is 0.504 e. The highest BCUT2D eigenvalue weighted by atomic mass is 28.4. The van der Waals surface area contributed by atoms with Gasteiger partial charge >= 0.3 is 8.80 Å². The molecular weight excluding hydrogens is 300 g/mol. The Balaban J connectivity index is 1.68. The van der Waals surface area contributed by atoms with Crippen LogP contribution in [-0.2, 0) is 22.8 Å². The third-order valence-corrected chi connectivity index (χ3v) is 8.38. The van der Waals surface area contributed by atoms with Gasteiger partial charge in [-0.2, -0.15) is 0 Å². The summed E-state index contributed by atoms with van der Waals surface area (Å²) < 4.78 is 29.5. The van der Waals surface area contributed by atoms with Crippen LogP contribution in [0.3, 0.4) is 0 Å². The van der Waals surface area contributed by atoms with Gasteiger partial charge < -0.3 is 22.8 Å². The Bertz CT molecular complexity index is 404. The third-order valence-electron chi connectivity index (χ3n) is 4.72. The highest BCUT2D eigenvalue weighted by molar-refractivity contribution is 6.62. The summed E-state index contributed by atoms with van der Waals surface area (Å²) in [5.41, 5.74) is 1.85. The van der Waals surface area contributed by atoms with Crippen LogP contribution < -0.4 is 0 Å². The first-order chi connectivity index (χ1) is 10.7. The maximum atomic E-state index is 6.10. The minimum Gasteiger partial charge on any atom is -0.495 e. The summed E-state index contributed by atoms with van der Waals surface area (Å²) in [6.07, 6.45) is 3.46. The van der Waals surface area contributed by atoms with Gasteiger partial charge in [-0.3, -0.25) is 0 Å². The van der Waals surface area contributed by atoms with Crippen LogP contribution in [0, 0.1) is 5.92 Å². The van der Waals surface area contributed by atoms with E-state index in [1.165, 1.54) is 11.3 Å². The quantitative estimate of drug-likeness (QED) is 0.456. The Kier molecular flexibility index (Phi) is 5.24. The number of ether oxygens (including phenoxy) is 2. The van der Waals surface area contributed by atoms with E-state index in [2.05, 4.69) is 0 Å². The second kappa shape index (κ2) is 7.01. The SMILES string of the molecule is CCO[Si](OCC)(OCC)C1CC2=C(OCC3CO3)CC1C2. The average molecular weight is 328 g/mol. The minimum atomic E-state index is -2.59. The molecule has 0 amide bonds. The highest BCUT2D eigenvalue weighted by Gasteiger charge is 2.57. The summed E-state index contributed by atoms with van der Waals surface area (Å²) in [5, 5.41) is 0. The molecule has 2 aliphatic carbocycles. The van der Waals surface area contributed by atoms with E-state index in [0.29, 0.717) is 44.0 Å². The highest BCUT2D eigenvalue weighted by Crippen LogP contribution is 2.55. The molecule has 3 aliphatic rings. The monoisotopic (exact) mass is 328 g/mol. The lowest BCUT2D eigenvalue weighted by Gasteiger charge is -2.37. The summed E-state index contributed by atoms with van der Waals surface area (Å²) >= 11 is 0. The number of allylic oxidation sites excluding steroid dienone is 2. The summed E-state index contributed by atoms with van der Waals surface area (Å²) in [6, 6.07) is 0. The van der Waals surface area contributed by atoms with Gasteiger partial charge in [0.15, 0.2) is 0 Å². The van der Waals surface area contributed by atoms with E-state index in [1.54, 1.807) is 0 Å². The smallest absolute Gasteiger partial charge is 0.495 e. The molecule has 22 heavy (non-hydrogen) atoms. The van der Waals surface area contributed by atoms with Crippen LogP contribution in [0.2, 0.25) is 5.54 Å². The van der Waals surface area contributed by atoms with Crippen LogP contribution in [0.1, 0.15) is 40.0 Å². The molecule has 0 aromatic heterocycles. The molecule has 1 saturated carbocycles. The van der Waals surface area contributed by atoms with Crippen molar-refractivity contribution in [2.45, 2.75) is 51.7 Å². The predicted octanol–water partition coefficient (Wildman–Crippen LogP) is 2.89. The summed E-state index contributed by atoms with van der Waals surface area (Å²) in [7, 11) is -2.59. The van der Waals surface area contributed by atoms with Crippen LogP contribution in [0.4, 0.5) is 0 Å². The van der Waals surface area contributed by atoms with Gasteiger partial charge in [-0.25, -0.2) is 0 Å². The first-order valence-electron chi connectivity index (χ1n) is 8.59. The van der Waals surface area contributed by atoms with E-state index in [1.807, 2.05) is 20.8 Å². The van der Waals surface area contributed by atoms with Gasteiger partial charge in [0.1, 0.15) is 12.7 Å². The maximum absolute atomic E-state index is 6.10. The first kappa shape index (κ1) is 16.5. The molecule has 0 aromatic carbocycles. The first-order valence-corrected chi connectivity index (χ1v) is 10.4. The fourth-order valence-corrected chi connectivity index (χ4v) is 7.19. The molecule has 3 rings (SSSR count). The number of fused-ring (bicyclic) bond motifs is 2.